The molecule has 0 bridgehead atoms. The molecule has 158 valence electrons. The van der Waals surface area contributed by atoms with Crippen LogP contribution >= 0.6 is 11.6 Å². The minimum absolute atomic E-state index is 0.227. The molecule has 0 amide bonds. The Bertz CT molecular complexity index is 1570. The number of aromatic amines is 1. The number of para-hydroxylation sites is 1. The van der Waals surface area contributed by atoms with Crippen molar-refractivity contribution in [1.82, 2.24) is 24.5 Å². The molecule has 0 aliphatic heterocycles. The smallest absolute Gasteiger partial charge is 0.285 e. The maximum atomic E-state index is 13.6. The lowest BCUT2D eigenvalue weighted by molar-refractivity contribution is 0.774. The SMILES string of the molecule is C[C@H](Nc1ncnc2[nH]cnc(=O)c12)c1cc2cccc(Cl)c2c(=O)n1-c1ccccc1. The average Bonchev–Trinajstić information content (AvgIpc) is 2.79. The van der Waals surface area contributed by atoms with Crippen molar-refractivity contribution in [2.24, 2.45) is 0 Å². The maximum absolute atomic E-state index is 13.6. The van der Waals surface area contributed by atoms with E-state index in [2.05, 4.69) is 25.3 Å². The summed E-state index contributed by atoms with van der Waals surface area (Å²) >= 11 is 6.38. The van der Waals surface area contributed by atoms with E-state index < -0.39 is 11.6 Å². The summed E-state index contributed by atoms with van der Waals surface area (Å²) in [7, 11) is 0. The van der Waals surface area contributed by atoms with Crippen molar-refractivity contribution in [2.75, 3.05) is 5.32 Å². The molecule has 8 nitrogen and oxygen atoms in total. The monoisotopic (exact) mass is 444 g/mol. The number of halogens is 1. The molecule has 0 spiro atoms. The van der Waals surface area contributed by atoms with Crippen molar-refractivity contribution < 1.29 is 0 Å². The lowest BCUT2D eigenvalue weighted by Crippen LogP contribution is -2.26. The Morgan fingerprint density at radius 2 is 1.81 bits per heavy atom. The number of pyridine rings is 1. The Morgan fingerprint density at radius 1 is 1.00 bits per heavy atom. The number of benzene rings is 2. The van der Waals surface area contributed by atoms with Gasteiger partial charge in [0.15, 0.2) is 0 Å². The fraction of sp³-hybridized carbons (Fsp3) is 0.0870. The Labute approximate surface area is 186 Å². The first kappa shape index (κ1) is 19.9. The van der Waals surface area contributed by atoms with Gasteiger partial charge in [0, 0.05) is 11.4 Å². The van der Waals surface area contributed by atoms with Crippen LogP contribution in [0.3, 0.4) is 0 Å². The van der Waals surface area contributed by atoms with Crippen LogP contribution < -0.4 is 16.4 Å². The predicted molar refractivity (Wildman–Crippen MR) is 125 cm³/mol. The number of hydrogen-bond acceptors (Lipinski definition) is 6. The summed E-state index contributed by atoms with van der Waals surface area (Å²) in [5, 5.41) is 5.07. The number of nitrogens with zero attached hydrogens (tertiary/aromatic N) is 4. The van der Waals surface area contributed by atoms with Crippen LogP contribution in [0.25, 0.3) is 27.5 Å². The summed E-state index contributed by atoms with van der Waals surface area (Å²) in [6.45, 7) is 1.89. The summed E-state index contributed by atoms with van der Waals surface area (Å²) in [6, 6.07) is 16.2. The average molecular weight is 445 g/mol. The molecule has 5 aromatic rings. The first-order valence-corrected chi connectivity index (χ1v) is 10.3. The molecule has 0 fully saturated rings. The van der Waals surface area contributed by atoms with Crippen LogP contribution in [-0.4, -0.2) is 24.5 Å². The molecule has 3 heterocycles. The van der Waals surface area contributed by atoms with Crippen molar-refractivity contribution in [2.45, 2.75) is 13.0 Å². The van der Waals surface area contributed by atoms with Crippen molar-refractivity contribution in [3.8, 4) is 5.69 Å². The number of hydrogen-bond donors (Lipinski definition) is 2. The zero-order valence-corrected chi connectivity index (χ0v) is 17.7. The highest BCUT2D eigenvalue weighted by molar-refractivity contribution is 6.35. The molecular weight excluding hydrogens is 428 g/mol. The molecule has 1 atom stereocenters. The molecular formula is C23H17ClN6O2. The van der Waals surface area contributed by atoms with Crippen molar-refractivity contribution >= 4 is 39.2 Å². The minimum atomic E-state index is -0.445. The van der Waals surface area contributed by atoms with E-state index in [1.807, 2.05) is 55.5 Å². The Balaban J connectivity index is 1.72. The van der Waals surface area contributed by atoms with E-state index in [9.17, 15) is 9.59 Å². The van der Waals surface area contributed by atoms with Crippen LogP contribution in [0.2, 0.25) is 5.02 Å². The van der Waals surface area contributed by atoms with E-state index in [1.165, 1.54) is 12.7 Å². The van der Waals surface area contributed by atoms with Gasteiger partial charge in [-0.2, -0.15) is 4.98 Å². The van der Waals surface area contributed by atoms with E-state index >= 15 is 0 Å². The van der Waals surface area contributed by atoms with Crippen molar-refractivity contribution in [1.29, 1.82) is 0 Å². The van der Waals surface area contributed by atoms with Gasteiger partial charge in [-0.05, 0) is 36.6 Å². The predicted octanol–water partition coefficient (Wildman–Crippen LogP) is 3.84. The molecule has 2 aromatic carbocycles. The standard InChI is InChI=1S/C23H17ClN6O2/c1-13(29-21-19-20(25-11-27-21)26-12-28-22(19)31)17-10-14-6-5-9-16(24)18(14)23(32)30(17)15-7-3-2-4-8-15/h2-13H,1H3,(H2,25,26,27,28,29,31)/t13-/m0/s1. The number of rotatable bonds is 4. The van der Waals surface area contributed by atoms with Gasteiger partial charge in [-0.15, -0.1) is 0 Å². The maximum Gasteiger partial charge on any atom is 0.285 e. The molecule has 2 N–H and O–H groups in total. The third-order valence-corrected chi connectivity index (χ3v) is 5.59. The zero-order valence-electron chi connectivity index (χ0n) is 16.9. The number of nitrogens with one attached hydrogen (secondary N) is 2. The van der Waals surface area contributed by atoms with Gasteiger partial charge in [0.25, 0.3) is 11.1 Å². The largest absolute Gasteiger partial charge is 0.361 e. The molecule has 0 saturated carbocycles. The van der Waals surface area contributed by atoms with Gasteiger partial charge < -0.3 is 10.3 Å². The third kappa shape index (κ3) is 3.30. The number of aromatic nitrogens is 5. The van der Waals surface area contributed by atoms with Gasteiger partial charge in [0.1, 0.15) is 23.2 Å². The normalized spacial score (nSPS) is 12.2. The summed E-state index contributed by atoms with van der Waals surface area (Å²) < 4.78 is 1.62. The molecule has 0 aliphatic rings. The second kappa shape index (κ2) is 7.90. The second-order valence-corrected chi connectivity index (χ2v) is 7.68. The molecule has 5 rings (SSSR count). The Kier molecular flexibility index (Phi) is 4.91. The minimum Gasteiger partial charge on any atom is -0.361 e. The summed E-state index contributed by atoms with van der Waals surface area (Å²) in [4.78, 5) is 40.9. The summed E-state index contributed by atoms with van der Waals surface area (Å²) in [5.74, 6) is 0.329. The molecule has 32 heavy (non-hydrogen) atoms. The fourth-order valence-electron chi connectivity index (χ4n) is 3.80. The van der Waals surface area contributed by atoms with Crippen LogP contribution in [0.1, 0.15) is 18.7 Å². The van der Waals surface area contributed by atoms with E-state index in [4.69, 9.17) is 11.6 Å². The van der Waals surface area contributed by atoms with Gasteiger partial charge in [0.2, 0.25) is 0 Å². The number of anilines is 1. The summed E-state index contributed by atoms with van der Waals surface area (Å²) in [5.41, 5.74) is 1.09. The highest BCUT2D eigenvalue weighted by Gasteiger charge is 2.19. The molecule has 9 heteroatoms. The molecule has 0 aliphatic carbocycles. The van der Waals surface area contributed by atoms with Gasteiger partial charge >= 0.3 is 0 Å². The van der Waals surface area contributed by atoms with Gasteiger partial charge in [0.05, 0.1) is 22.8 Å². The van der Waals surface area contributed by atoms with E-state index in [1.54, 1.807) is 10.6 Å². The molecule has 3 aromatic heterocycles. The van der Waals surface area contributed by atoms with E-state index in [0.29, 0.717) is 33.3 Å². The molecule has 0 unspecified atom stereocenters. The first-order valence-electron chi connectivity index (χ1n) is 9.89. The topological polar surface area (TPSA) is 106 Å². The molecule has 0 saturated heterocycles. The third-order valence-electron chi connectivity index (χ3n) is 5.28. The van der Waals surface area contributed by atoms with E-state index in [0.717, 1.165) is 5.39 Å². The summed E-state index contributed by atoms with van der Waals surface area (Å²) in [6.07, 6.45) is 2.66. The Hall–Kier alpha value is -4.04. The van der Waals surface area contributed by atoms with Crippen LogP contribution in [0.5, 0.6) is 0 Å². The zero-order chi connectivity index (χ0) is 22.2. The fourth-order valence-corrected chi connectivity index (χ4v) is 4.07. The second-order valence-electron chi connectivity index (χ2n) is 7.27. The number of fused-ring (bicyclic) bond motifs is 2. The van der Waals surface area contributed by atoms with Crippen LogP contribution in [0, 0.1) is 0 Å². The van der Waals surface area contributed by atoms with Crippen molar-refractivity contribution in [3.63, 3.8) is 0 Å². The lowest BCUT2D eigenvalue weighted by Gasteiger charge is -2.22. The van der Waals surface area contributed by atoms with Crippen molar-refractivity contribution in [3.05, 3.63) is 98.7 Å². The highest BCUT2D eigenvalue weighted by Crippen LogP contribution is 2.27. The highest BCUT2D eigenvalue weighted by atomic mass is 35.5. The van der Waals surface area contributed by atoms with E-state index in [-0.39, 0.29) is 10.9 Å². The van der Waals surface area contributed by atoms with Crippen LogP contribution in [-0.2, 0) is 0 Å². The first-order chi connectivity index (χ1) is 15.5. The lowest BCUT2D eigenvalue weighted by atomic mass is 10.1. The van der Waals surface area contributed by atoms with Gasteiger partial charge in [-0.3, -0.25) is 14.2 Å². The molecule has 0 radical (unpaired) electrons. The van der Waals surface area contributed by atoms with Gasteiger partial charge in [-0.25, -0.2) is 9.97 Å². The van der Waals surface area contributed by atoms with Crippen LogP contribution in [0.4, 0.5) is 5.82 Å². The number of H-pyrrole nitrogens is 1. The van der Waals surface area contributed by atoms with Gasteiger partial charge in [-0.1, -0.05) is 41.9 Å². The quantitative estimate of drug-likeness (QED) is 0.436. The Morgan fingerprint density at radius 3 is 2.62 bits per heavy atom. The van der Waals surface area contributed by atoms with Crippen LogP contribution in [0.15, 0.2) is 76.8 Å².